The maximum absolute atomic E-state index is 12.8. The highest BCUT2D eigenvalue weighted by atomic mass is 32.1. The van der Waals surface area contributed by atoms with Crippen LogP contribution in [-0.2, 0) is 17.4 Å². The SMILES string of the molecule is CC1=NC2(CCN(C(=O)Cc3cccs3)CC2)N=C1c1ccc(C(F)(F)F)cc1. The lowest BCUT2D eigenvalue weighted by Crippen LogP contribution is -2.45. The van der Waals surface area contributed by atoms with Gasteiger partial charge in [0.05, 0.1) is 23.4 Å². The Hall–Kier alpha value is -2.48. The van der Waals surface area contributed by atoms with Crippen LogP contribution >= 0.6 is 11.3 Å². The lowest BCUT2D eigenvalue weighted by molar-refractivity contribution is -0.137. The van der Waals surface area contributed by atoms with E-state index in [2.05, 4.69) is 0 Å². The van der Waals surface area contributed by atoms with Crippen molar-refractivity contribution in [1.82, 2.24) is 4.90 Å². The van der Waals surface area contributed by atoms with E-state index in [4.69, 9.17) is 9.98 Å². The van der Waals surface area contributed by atoms with E-state index in [0.29, 0.717) is 43.6 Å². The summed E-state index contributed by atoms with van der Waals surface area (Å²) in [6.45, 7) is 2.98. The standard InChI is InChI=1S/C21H20F3N3OS/c1-14-19(15-4-6-16(7-5-15)21(22,23)24)26-20(25-14)8-10-27(11-9-20)18(28)13-17-3-2-12-29-17/h2-7,12H,8-11,13H2,1H3. The molecule has 0 unspecified atom stereocenters. The van der Waals surface area contributed by atoms with Gasteiger partial charge < -0.3 is 4.90 Å². The minimum atomic E-state index is -4.36. The number of hydrogen-bond acceptors (Lipinski definition) is 4. The zero-order valence-electron chi connectivity index (χ0n) is 15.9. The highest BCUT2D eigenvalue weighted by molar-refractivity contribution is 7.10. The van der Waals surface area contributed by atoms with Gasteiger partial charge in [-0.3, -0.25) is 14.8 Å². The monoisotopic (exact) mass is 419 g/mol. The normalized spacial score (nSPS) is 18.7. The van der Waals surface area contributed by atoms with Crippen molar-refractivity contribution < 1.29 is 18.0 Å². The van der Waals surface area contributed by atoms with Crippen molar-refractivity contribution in [1.29, 1.82) is 0 Å². The molecule has 29 heavy (non-hydrogen) atoms. The highest BCUT2D eigenvalue weighted by Gasteiger charge is 2.39. The molecule has 4 rings (SSSR count). The molecule has 0 N–H and O–H groups in total. The zero-order chi connectivity index (χ0) is 20.6. The average molecular weight is 419 g/mol. The lowest BCUT2D eigenvalue weighted by Gasteiger charge is -2.35. The summed E-state index contributed by atoms with van der Waals surface area (Å²) < 4.78 is 38.4. The van der Waals surface area contributed by atoms with Crippen LogP contribution in [-0.4, -0.2) is 41.0 Å². The van der Waals surface area contributed by atoms with Crippen LogP contribution in [0, 0.1) is 0 Å². The molecule has 4 nitrogen and oxygen atoms in total. The Kier molecular flexibility index (Phi) is 5.06. The van der Waals surface area contributed by atoms with Crippen LogP contribution in [0.1, 0.15) is 35.8 Å². The van der Waals surface area contributed by atoms with Crippen molar-refractivity contribution in [3.63, 3.8) is 0 Å². The molecule has 1 fully saturated rings. The summed E-state index contributed by atoms with van der Waals surface area (Å²) in [7, 11) is 0. The number of nitrogens with zero attached hydrogens (tertiary/aromatic N) is 3. The molecule has 2 aliphatic rings. The van der Waals surface area contributed by atoms with Crippen molar-refractivity contribution >= 4 is 28.7 Å². The summed E-state index contributed by atoms with van der Waals surface area (Å²) in [5.74, 6) is 0.105. The average Bonchev–Trinajstić information content (AvgIpc) is 3.30. The van der Waals surface area contributed by atoms with Crippen LogP contribution in [0.4, 0.5) is 13.2 Å². The number of aliphatic imine (C=N–C) groups is 2. The van der Waals surface area contributed by atoms with Gasteiger partial charge in [-0.05, 0) is 30.5 Å². The number of hydrogen-bond donors (Lipinski definition) is 0. The van der Waals surface area contributed by atoms with E-state index in [0.717, 1.165) is 22.7 Å². The smallest absolute Gasteiger partial charge is 0.342 e. The molecule has 3 heterocycles. The maximum atomic E-state index is 12.8. The number of thiophene rings is 1. The van der Waals surface area contributed by atoms with Crippen LogP contribution in [0.2, 0.25) is 0 Å². The molecule has 0 saturated carbocycles. The van der Waals surface area contributed by atoms with E-state index in [1.807, 2.05) is 29.3 Å². The topological polar surface area (TPSA) is 45.0 Å². The van der Waals surface area contributed by atoms with E-state index in [1.165, 1.54) is 12.1 Å². The molecule has 0 atom stereocenters. The number of likely N-dealkylation sites (tertiary alicyclic amines) is 1. The first-order valence-corrected chi connectivity index (χ1v) is 10.3. The Morgan fingerprint density at radius 1 is 1.14 bits per heavy atom. The van der Waals surface area contributed by atoms with Crippen LogP contribution in [0.5, 0.6) is 0 Å². The first kappa shape index (κ1) is 19.8. The molecule has 1 aromatic heterocycles. The quantitative estimate of drug-likeness (QED) is 0.718. The highest BCUT2D eigenvalue weighted by Crippen LogP contribution is 2.34. The lowest BCUT2D eigenvalue weighted by atomic mass is 9.98. The molecule has 0 radical (unpaired) electrons. The van der Waals surface area contributed by atoms with Crippen LogP contribution < -0.4 is 0 Å². The summed E-state index contributed by atoms with van der Waals surface area (Å²) in [4.78, 5) is 24.9. The van der Waals surface area contributed by atoms with Crippen molar-refractivity contribution in [2.75, 3.05) is 13.1 Å². The van der Waals surface area contributed by atoms with Crippen LogP contribution in [0.3, 0.4) is 0 Å². The minimum absolute atomic E-state index is 0.105. The van der Waals surface area contributed by atoms with E-state index in [1.54, 1.807) is 11.3 Å². The molecule has 0 aliphatic carbocycles. The number of halogens is 3. The van der Waals surface area contributed by atoms with Gasteiger partial charge >= 0.3 is 6.18 Å². The van der Waals surface area contributed by atoms with E-state index >= 15 is 0 Å². The van der Waals surface area contributed by atoms with E-state index < -0.39 is 17.4 Å². The summed E-state index contributed by atoms with van der Waals surface area (Å²) in [6.07, 6.45) is -2.72. The summed E-state index contributed by atoms with van der Waals surface area (Å²) in [5, 5.41) is 1.96. The molecule has 1 saturated heterocycles. The molecule has 1 aromatic carbocycles. The molecule has 2 aromatic rings. The molecule has 8 heteroatoms. The van der Waals surface area contributed by atoms with Gasteiger partial charge in [0, 0.05) is 36.4 Å². The Morgan fingerprint density at radius 3 is 2.41 bits per heavy atom. The fraction of sp³-hybridized carbons (Fsp3) is 0.381. The summed E-state index contributed by atoms with van der Waals surface area (Å²) in [6, 6.07) is 8.92. The molecule has 1 amide bonds. The zero-order valence-corrected chi connectivity index (χ0v) is 16.7. The number of carbonyl (C=O) groups is 1. The van der Waals surface area contributed by atoms with Crippen molar-refractivity contribution in [2.24, 2.45) is 9.98 Å². The second-order valence-corrected chi connectivity index (χ2v) is 8.38. The number of amides is 1. The van der Waals surface area contributed by atoms with E-state index in [-0.39, 0.29) is 5.91 Å². The van der Waals surface area contributed by atoms with Gasteiger partial charge in [0.15, 0.2) is 5.66 Å². The number of benzene rings is 1. The van der Waals surface area contributed by atoms with Gasteiger partial charge in [0.2, 0.25) is 5.91 Å². The van der Waals surface area contributed by atoms with Crippen LogP contribution in [0.25, 0.3) is 0 Å². The van der Waals surface area contributed by atoms with Gasteiger partial charge in [-0.1, -0.05) is 18.2 Å². The second kappa shape index (κ2) is 7.40. The first-order valence-electron chi connectivity index (χ1n) is 9.40. The largest absolute Gasteiger partial charge is 0.416 e. The fourth-order valence-electron chi connectivity index (χ4n) is 3.78. The predicted octanol–water partition coefficient (Wildman–Crippen LogP) is 4.59. The van der Waals surface area contributed by atoms with Gasteiger partial charge in [-0.25, -0.2) is 0 Å². The Morgan fingerprint density at radius 2 is 1.83 bits per heavy atom. The van der Waals surface area contributed by atoms with E-state index in [9.17, 15) is 18.0 Å². The second-order valence-electron chi connectivity index (χ2n) is 7.35. The Bertz CT molecular complexity index is 954. The van der Waals surface area contributed by atoms with Gasteiger partial charge in [-0.15, -0.1) is 11.3 Å². The molecule has 0 bridgehead atoms. The third-order valence-electron chi connectivity index (χ3n) is 5.35. The molecule has 2 aliphatic heterocycles. The minimum Gasteiger partial charge on any atom is -0.342 e. The number of alkyl halides is 3. The van der Waals surface area contributed by atoms with Crippen molar-refractivity contribution in [3.05, 3.63) is 57.8 Å². The van der Waals surface area contributed by atoms with Gasteiger partial charge in [0.1, 0.15) is 0 Å². The molecular formula is C21H20F3N3OS. The summed E-state index contributed by atoms with van der Waals surface area (Å²) >= 11 is 1.57. The molecule has 1 spiro atoms. The Labute approximate surface area is 170 Å². The van der Waals surface area contributed by atoms with Crippen molar-refractivity contribution in [2.45, 2.75) is 38.0 Å². The predicted molar refractivity (Wildman–Crippen MR) is 108 cm³/mol. The molecular weight excluding hydrogens is 399 g/mol. The van der Waals surface area contributed by atoms with Crippen LogP contribution in [0.15, 0.2) is 51.8 Å². The first-order chi connectivity index (χ1) is 13.8. The third kappa shape index (κ3) is 4.12. The van der Waals surface area contributed by atoms with Gasteiger partial charge in [0.25, 0.3) is 0 Å². The Balaban J connectivity index is 1.45. The van der Waals surface area contributed by atoms with Crippen molar-refractivity contribution in [3.8, 4) is 0 Å². The van der Waals surface area contributed by atoms with Gasteiger partial charge in [-0.2, -0.15) is 13.2 Å². The number of rotatable bonds is 3. The molecule has 152 valence electrons. The number of piperidine rings is 1. The fourth-order valence-corrected chi connectivity index (χ4v) is 4.48. The summed E-state index contributed by atoms with van der Waals surface area (Å²) in [5.41, 5.74) is 0.705. The number of carbonyl (C=O) groups excluding carboxylic acids is 1. The third-order valence-corrected chi connectivity index (χ3v) is 6.22. The maximum Gasteiger partial charge on any atom is 0.416 e.